The van der Waals surface area contributed by atoms with Crippen LogP contribution in [0.25, 0.3) is 0 Å². The van der Waals surface area contributed by atoms with E-state index in [1.54, 1.807) is 18.2 Å². The van der Waals surface area contributed by atoms with E-state index in [-0.39, 0.29) is 24.8 Å². The first kappa shape index (κ1) is 13.2. The van der Waals surface area contributed by atoms with Crippen LogP contribution in [-0.2, 0) is 16.0 Å². The van der Waals surface area contributed by atoms with Gasteiger partial charge in [-0.3, -0.25) is 9.59 Å². The van der Waals surface area contributed by atoms with Crippen LogP contribution in [0.5, 0.6) is 0 Å². The van der Waals surface area contributed by atoms with Crippen LogP contribution in [0.15, 0.2) is 48.5 Å². The Bertz CT molecular complexity index is 695. The Morgan fingerprint density at radius 2 is 1.86 bits per heavy atom. The number of benzene rings is 2. The van der Waals surface area contributed by atoms with E-state index in [1.807, 2.05) is 30.3 Å². The summed E-state index contributed by atoms with van der Waals surface area (Å²) in [6, 6.07) is 14.5. The van der Waals surface area contributed by atoms with E-state index in [0.717, 1.165) is 11.3 Å². The van der Waals surface area contributed by atoms with Gasteiger partial charge in [0.15, 0.2) is 0 Å². The molecular weight excluding hydrogens is 266 g/mol. The molecule has 1 aliphatic heterocycles. The Morgan fingerprint density at radius 1 is 1.14 bits per heavy atom. The normalized spacial score (nSPS) is 13.5. The molecular formula is C16H15N3O2. The Labute approximate surface area is 122 Å². The monoisotopic (exact) mass is 281 g/mol. The van der Waals surface area contributed by atoms with Crippen LogP contribution in [0.3, 0.4) is 0 Å². The maximum absolute atomic E-state index is 12.5. The molecule has 0 aliphatic carbocycles. The van der Waals surface area contributed by atoms with E-state index >= 15 is 0 Å². The van der Waals surface area contributed by atoms with Crippen molar-refractivity contribution in [2.75, 3.05) is 22.5 Å². The number of carbonyl (C=O) groups excluding carboxylic acids is 2. The SMILES string of the molecule is Nc1ccc(CC(=O)N2CC(=O)Nc3ccccc32)cc1. The van der Waals surface area contributed by atoms with Crippen molar-refractivity contribution in [2.24, 2.45) is 0 Å². The molecule has 0 bridgehead atoms. The number of carbonyl (C=O) groups is 2. The van der Waals surface area contributed by atoms with Gasteiger partial charge in [0.2, 0.25) is 11.8 Å². The zero-order valence-electron chi connectivity index (χ0n) is 11.4. The molecule has 0 saturated carbocycles. The van der Waals surface area contributed by atoms with Crippen LogP contribution in [0, 0.1) is 0 Å². The number of para-hydroxylation sites is 2. The molecule has 5 nitrogen and oxygen atoms in total. The Balaban J connectivity index is 1.84. The fraction of sp³-hybridized carbons (Fsp3) is 0.125. The van der Waals surface area contributed by atoms with Crippen molar-refractivity contribution in [1.82, 2.24) is 0 Å². The fourth-order valence-corrected chi connectivity index (χ4v) is 2.36. The van der Waals surface area contributed by atoms with E-state index in [0.29, 0.717) is 11.4 Å². The summed E-state index contributed by atoms with van der Waals surface area (Å²) in [5, 5.41) is 2.77. The molecule has 0 fully saturated rings. The number of nitrogens with one attached hydrogen (secondary N) is 1. The third-order valence-electron chi connectivity index (χ3n) is 3.41. The van der Waals surface area contributed by atoms with E-state index in [4.69, 9.17) is 5.73 Å². The van der Waals surface area contributed by atoms with Gasteiger partial charge in [-0.15, -0.1) is 0 Å². The number of nitrogens with two attached hydrogens (primary N) is 1. The first-order valence-electron chi connectivity index (χ1n) is 6.67. The molecule has 2 aromatic carbocycles. The molecule has 2 amide bonds. The first-order chi connectivity index (χ1) is 10.1. The average Bonchev–Trinajstić information content (AvgIpc) is 2.48. The summed E-state index contributed by atoms with van der Waals surface area (Å²) in [7, 11) is 0. The Kier molecular flexibility index (Phi) is 3.31. The van der Waals surface area contributed by atoms with Gasteiger partial charge in [-0.25, -0.2) is 0 Å². The summed E-state index contributed by atoms with van der Waals surface area (Å²) in [6.45, 7) is 0.0464. The number of hydrogen-bond donors (Lipinski definition) is 2. The zero-order chi connectivity index (χ0) is 14.8. The topological polar surface area (TPSA) is 75.4 Å². The van der Waals surface area contributed by atoms with Crippen LogP contribution in [0.2, 0.25) is 0 Å². The lowest BCUT2D eigenvalue weighted by Crippen LogP contribution is -2.42. The lowest BCUT2D eigenvalue weighted by atomic mass is 10.1. The van der Waals surface area contributed by atoms with Crippen LogP contribution in [-0.4, -0.2) is 18.4 Å². The fourth-order valence-electron chi connectivity index (χ4n) is 2.36. The largest absolute Gasteiger partial charge is 0.399 e. The molecule has 2 aromatic rings. The third kappa shape index (κ3) is 2.72. The highest BCUT2D eigenvalue weighted by molar-refractivity contribution is 6.10. The van der Waals surface area contributed by atoms with Crippen LogP contribution >= 0.6 is 0 Å². The lowest BCUT2D eigenvalue weighted by Gasteiger charge is -2.29. The Morgan fingerprint density at radius 3 is 2.62 bits per heavy atom. The summed E-state index contributed by atoms with van der Waals surface area (Å²) in [5.74, 6) is -0.290. The van der Waals surface area contributed by atoms with Crippen LogP contribution in [0.1, 0.15) is 5.56 Å². The van der Waals surface area contributed by atoms with Gasteiger partial charge in [0, 0.05) is 5.69 Å². The van der Waals surface area contributed by atoms with E-state index in [2.05, 4.69) is 5.32 Å². The molecule has 21 heavy (non-hydrogen) atoms. The molecule has 3 rings (SSSR count). The lowest BCUT2D eigenvalue weighted by molar-refractivity contribution is -0.121. The number of anilines is 3. The molecule has 0 atom stereocenters. The average molecular weight is 281 g/mol. The van der Waals surface area contributed by atoms with Gasteiger partial charge < -0.3 is 16.0 Å². The maximum Gasteiger partial charge on any atom is 0.244 e. The van der Waals surface area contributed by atoms with Crippen molar-refractivity contribution in [1.29, 1.82) is 0 Å². The van der Waals surface area contributed by atoms with Crippen molar-refractivity contribution >= 4 is 28.9 Å². The van der Waals surface area contributed by atoms with Crippen LogP contribution in [0.4, 0.5) is 17.1 Å². The maximum atomic E-state index is 12.5. The van der Waals surface area contributed by atoms with Gasteiger partial charge >= 0.3 is 0 Å². The second-order valence-electron chi connectivity index (χ2n) is 4.96. The van der Waals surface area contributed by atoms with Crippen molar-refractivity contribution in [3.8, 4) is 0 Å². The van der Waals surface area contributed by atoms with Gasteiger partial charge in [-0.1, -0.05) is 24.3 Å². The number of rotatable bonds is 2. The quantitative estimate of drug-likeness (QED) is 0.824. The molecule has 5 heteroatoms. The van der Waals surface area contributed by atoms with Crippen molar-refractivity contribution < 1.29 is 9.59 Å². The summed E-state index contributed by atoms with van der Waals surface area (Å²) in [4.78, 5) is 25.7. The molecule has 0 spiro atoms. The molecule has 3 N–H and O–H groups in total. The number of amides is 2. The number of fused-ring (bicyclic) bond motifs is 1. The predicted octanol–water partition coefficient (Wildman–Crippen LogP) is 1.80. The molecule has 0 unspecified atom stereocenters. The predicted molar refractivity (Wildman–Crippen MR) is 82.0 cm³/mol. The van der Waals surface area contributed by atoms with Gasteiger partial charge in [-0.05, 0) is 29.8 Å². The summed E-state index contributed by atoms with van der Waals surface area (Å²) >= 11 is 0. The minimum absolute atomic E-state index is 0.0464. The summed E-state index contributed by atoms with van der Waals surface area (Å²) in [5.41, 5.74) is 8.57. The van der Waals surface area contributed by atoms with Gasteiger partial charge in [0.1, 0.15) is 6.54 Å². The van der Waals surface area contributed by atoms with Crippen molar-refractivity contribution in [3.05, 3.63) is 54.1 Å². The second kappa shape index (κ2) is 5.28. The highest BCUT2D eigenvalue weighted by Gasteiger charge is 2.26. The van der Waals surface area contributed by atoms with E-state index in [1.165, 1.54) is 4.90 Å². The van der Waals surface area contributed by atoms with E-state index in [9.17, 15) is 9.59 Å². The molecule has 0 radical (unpaired) electrons. The second-order valence-corrected chi connectivity index (χ2v) is 4.96. The summed E-state index contributed by atoms with van der Waals surface area (Å²) in [6.07, 6.45) is 0.238. The minimum atomic E-state index is -0.181. The number of nitrogens with zero attached hydrogens (tertiary/aromatic N) is 1. The van der Waals surface area contributed by atoms with Crippen LogP contribution < -0.4 is 16.0 Å². The van der Waals surface area contributed by atoms with Gasteiger partial charge in [0.05, 0.1) is 17.8 Å². The van der Waals surface area contributed by atoms with Gasteiger partial charge in [-0.2, -0.15) is 0 Å². The Hall–Kier alpha value is -2.82. The highest BCUT2D eigenvalue weighted by atomic mass is 16.2. The zero-order valence-corrected chi connectivity index (χ0v) is 11.4. The smallest absolute Gasteiger partial charge is 0.244 e. The van der Waals surface area contributed by atoms with Crippen molar-refractivity contribution in [2.45, 2.75) is 6.42 Å². The van der Waals surface area contributed by atoms with Gasteiger partial charge in [0.25, 0.3) is 0 Å². The first-order valence-corrected chi connectivity index (χ1v) is 6.67. The van der Waals surface area contributed by atoms with Crippen molar-refractivity contribution in [3.63, 3.8) is 0 Å². The molecule has 1 aliphatic rings. The summed E-state index contributed by atoms with van der Waals surface area (Å²) < 4.78 is 0. The standard InChI is InChI=1S/C16H15N3O2/c17-12-7-5-11(6-8-12)9-16(21)19-10-15(20)18-13-3-1-2-4-14(13)19/h1-8H,9-10,17H2,(H,18,20). The molecule has 0 aromatic heterocycles. The third-order valence-corrected chi connectivity index (χ3v) is 3.41. The molecule has 0 saturated heterocycles. The number of hydrogen-bond acceptors (Lipinski definition) is 3. The highest BCUT2D eigenvalue weighted by Crippen LogP contribution is 2.29. The molecule has 1 heterocycles. The number of nitrogen functional groups attached to an aromatic ring is 1. The van der Waals surface area contributed by atoms with E-state index < -0.39 is 0 Å². The molecule has 106 valence electrons. The minimum Gasteiger partial charge on any atom is -0.399 e.